The molecular formula is C57H37N3. The fourth-order valence-corrected chi connectivity index (χ4v) is 8.23. The second kappa shape index (κ2) is 15.1. The molecule has 0 unspecified atom stereocenters. The minimum Gasteiger partial charge on any atom is -0.208 e. The van der Waals surface area contributed by atoms with Crippen LogP contribution in [0.15, 0.2) is 224 Å². The van der Waals surface area contributed by atoms with Crippen molar-refractivity contribution in [2.24, 2.45) is 0 Å². The van der Waals surface area contributed by atoms with Crippen LogP contribution in [0, 0.1) is 0 Å². The summed E-state index contributed by atoms with van der Waals surface area (Å²) in [5.74, 6) is 1.90. The van der Waals surface area contributed by atoms with Gasteiger partial charge in [-0.25, -0.2) is 15.0 Å². The smallest absolute Gasteiger partial charge is 0.164 e. The van der Waals surface area contributed by atoms with E-state index in [1.807, 2.05) is 0 Å². The highest BCUT2D eigenvalue weighted by Gasteiger charge is 2.15. The highest BCUT2D eigenvalue weighted by atomic mass is 15.0. The van der Waals surface area contributed by atoms with Gasteiger partial charge < -0.3 is 0 Å². The van der Waals surface area contributed by atoms with Crippen molar-refractivity contribution >= 4 is 32.3 Å². The van der Waals surface area contributed by atoms with E-state index in [9.17, 15) is 0 Å². The summed E-state index contributed by atoms with van der Waals surface area (Å²) in [5.41, 5.74) is 12.3. The van der Waals surface area contributed by atoms with Gasteiger partial charge >= 0.3 is 0 Å². The Morgan fingerprint density at radius 2 is 0.400 bits per heavy atom. The first-order chi connectivity index (χ1) is 29.7. The molecule has 1 aromatic heterocycles. The van der Waals surface area contributed by atoms with E-state index in [1.54, 1.807) is 0 Å². The van der Waals surface area contributed by atoms with Crippen LogP contribution >= 0.6 is 0 Å². The Hall–Kier alpha value is -8.01. The van der Waals surface area contributed by atoms with Crippen LogP contribution < -0.4 is 0 Å². The predicted octanol–water partition coefficient (Wildman–Crippen LogP) is 15.0. The van der Waals surface area contributed by atoms with Crippen molar-refractivity contribution in [3.05, 3.63) is 224 Å². The fraction of sp³-hybridized carbons (Fsp3) is 0. The van der Waals surface area contributed by atoms with E-state index in [-0.39, 0.29) is 0 Å². The van der Waals surface area contributed by atoms with Crippen LogP contribution in [0.2, 0.25) is 0 Å². The largest absolute Gasteiger partial charge is 0.208 e. The molecule has 0 radical (unpaired) electrons. The Morgan fingerprint density at radius 3 is 0.750 bits per heavy atom. The van der Waals surface area contributed by atoms with E-state index in [4.69, 9.17) is 15.0 Å². The first-order valence-corrected chi connectivity index (χ1v) is 20.3. The second-order valence-electron chi connectivity index (χ2n) is 15.3. The molecule has 0 bridgehead atoms. The lowest BCUT2D eigenvalue weighted by Crippen LogP contribution is -2.00. The van der Waals surface area contributed by atoms with Gasteiger partial charge in [-0.3, -0.25) is 0 Å². The van der Waals surface area contributed by atoms with E-state index in [1.165, 1.54) is 54.9 Å². The van der Waals surface area contributed by atoms with Crippen molar-refractivity contribution in [1.82, 2.24) is 15.0 Å². The number of nitrogens with zero attached hydrogens (tertiary/aromatic N) is 3. The average molecular weight is 764 g/mol. The van der Waals surface area contributed by atoms with E-state index < -0.39 is 0 Å². The molecule has 10 aromatic carbocycles. The van der Waals surface area contributed by atoms with Crippen LogP contribution in [0.5, 0.6) is 0 Å². The van der Waals surface area contributed by atoms with Crippen molar-refractivity contribution in [3.8, 4) is 78.7 Å². The zero-order valence-electron chi connectivity index (χ0n) is 32.7. The third-order valence-electron chi connectivity index (χ3n) is 11.4. The molecule has 0 amide bonds. The molecule has 0 aliphatic carbocycles. The normalized spacial score (nSPS) is 11.3. The lowest BCUT2D eigenvalue weighted by atomic mass is 9.97. The molecule has 0 fully saturated rings. The summed E-state index contributed by atoms with van der Waals surface area (Å²) in [6, 6.07) is 79.7. The van der Waals surface area contributed by atoms with Crippen molar-refractivity contribution in [3.63, 3.8) is 0 Å². The highest BCUT2D eigenvalue weighted by Crippen LogP contribution is 2.34. The Kier molecular flexibility index (Phi) is 8.83. The summed E-state index contributed by atoms with van der Waals surface area (Å²) in [6.45, 7) is 0. The number of hydrogen-bond acceptors (Lipinski definition) is 3. The first-order valence-electron chi connectivity index (χ1n) is 20.3. The number of benzene rings is 10. The summed E-state index contributed by atoms with van der Waals surface area (Å²) in [4.78, 5) is 15.5. The van der Waals surface area contributed by atoms with Crippen molar-refractivity contribution in [2.75, 3.05) is 0 Å². The molecule has 0 saturated carbocycles. The van der Waals surface area contributed by atoms with Crippen LogP contribution in [0.4, 0.5) is 0 Å². The van der Waals surface area contributed by atoms with Gasteiger partial charge in [0.25, 0.3) is 0 Å². The summed E-state index contributed by atoms with van der Waals surface area (Å²) in [7, 11) is 0. The molecular weight excluding hydrogens is 727 g/mol. The molecule has 0 N–H and O–H groups in total. The maximum Gasteiger partial charge on any atom is 0.164 e. The van der Waals surface area contributed by atoms with Gasteiger partial charge in [0.2, 0.25) is 0 Å². The van der Waals surface area contributed by atoms with Crippen LogP contribution in [0.3, 0.4) is 0 Å². The summed E-state index contributed by atoms with van der Waals surface area (Å²) in [6.07, 6.45) is 0. The standard InChI is InChI=1S/C57H37N3/c1-4-11-38(12-5-1)42-19-22-47-34-45(25-26-46(47)31-42)41-17-10-18-52(35-41)55-58-56(53-29-27-48-32-43(20-23-50(48)36-53)39-13-6-2-7-14-39)60-57(59-55)54-30-28-49-33-44(21-24-51(49)37-54)40-15-8-3-9-16-40/h1-37H. The molecule has 3 heteroatoms. The Bertz CT molecular complexity index is 3220. The summed E-state index contributed by atoms with van der Waals surface area (Å²) in [5, 5.41) is 6.99. The monoisotopic (exact) mass is 763 g/mol. The Balaban J connectivity index is 0.997. The molecule has 0 aliphatic rings. The first kappa shape index (κ1) is 35.2. The molecule has 0 spiro atoms. The molecule has 0 aliphatic heterocycles. The SMILES string of the molecule is c1ccc(-c2ccc3cc(-c4cccc(-c5nc(-c6ccc7cc(-c8ccccc8)ccc7c6)nc(-c6ccc7cc(-c8ccccc8)ccc7c6)n5)c4)ccc3c2)cc1. The van der Waals surface area contributed by atoms with Gasteiger partial charge in [0.15, 0.2) is 17.5 Å². The van der Waals surface area contributed by atoms with Gasteiger partial charge in [-0.15, -0.1) is 0 Å². The highest BCUT2D eigenvalue weighted by molar-refractivity contribution is 5.93. The Morgan fingerprint density at radius 1 is 0.167 bits per heavy atom. The molecule has 280 valence electrons. The van der Waals surface area contributed by atoms with Gasteiger partial charge in [0, 0.05) is 16.7 Å². The zero-order chi connectivity index (χ0) is 39.8. The molecule has 11 rings (SSSR count). The lowest BCUT2D eigenvalue weighted by molar-refractivity contribution is 1.08. The van der Waals surface area contributed by atoms with Crippen LogP contribution in [0.1, 0.15) is 0 Å². The average Bonchev–Trinajstić information content (AvgIpc) is 3.33. The maximum absolute atomic E-state index is 5.18. The maximum atomic E-state index is 5.18. The van der Waals surface area contributed by atoms with E-state index in [0.29, 0.717) is 17.5 Å². The zero-order valence-corrected chi connectivity index (χ0v) is 32.7. The number of aromatic nitrogens is 3. The van der Waals surface area contributed by atoms with Crippen molar-refractivity contribution in [2.45, 2.75) is 0 Å². The third kappa shape index (κ3) is 6.89. The summed E-state index contributed by atoms with van der Waals surface area (Å²) >= 11 is 0. The molecule has 60 heavy (non-hydrogen) atoms. The van der Waals surface area contributed by atoms with Crippen molar-refractivity contribution in [1.29, 1.82) is 0 Å². The topological polar surface area (TPSA) is 38.7 Å². The molecule has 11 aromatic rings. The predicted molar refractivity (Wildman–Crippen MR) is 250 cm³/mol. The van der Waals surface area contributed by atoms with Gasteiger partial charge in [-0.1, -0.05) is 182 Å². The minimum atomic E-state index is 0.629. The number of fused-ring (bicyclic) bond motifs is 3. The number of rotatable bonds is 7. The molecule has 1 heterocycles. The van der Waals surface area contributed by atoms with E-state index in [2.05, 4.69) is 224 Å². The fourth-order valence-electron chi connectivity index (χ4n) is 8.23. The van der Waals surface area contributed by atoms with E-state index in [0.717, 1.165) is 38.6 Å². The number of hydrogen-bond donors (Lipinski definition) is 0. The minimum absolute atomic E-state index is 0.629. The second-order valence-corrected chi connectivity index (χ2v) is 15.3. The van der Waals surface area contributed by atoms with Crippen LogP contribution in [-0.2, 0) is 0 Å². The third-order valence-corrected chi connectivity index (χ3v) is 11.4. The Labute approximate surface area is 349 Å². The van der Waals surface area contributed by atoms with Gasteiger partial charge in [0.1, 0.15) is 0 Å². The van der Waals surface area contributed by atoms with Gasteiger partial charge in [0.05, 0.1) is 0 Å². The lowest BCUT2D eigenvalue weighted by Gasteiger charge is -2.12. The quantitative estimate of drug-likeness (QED) is 0.162. The van der Waals surface area contributed by atoms with E-state index >= 15 is 0 Å². The van der Waals surface area contributed by atoms with Crippen LogP contribution in [0.25, 0.3) is 111 Å². The summed E-state index contributed by atoms with van der Waals surface area (Å²) < 4.78 is 0. The molecule has 0 atom stereocenters. The van der Waals surface area contributed by atoms with Crippen LogP contribution in [-0.4, -0.2) is 15.0 Å². The van der Waals surface area contributed by atoms with Crippen molar-refractivity contribution < 1.29 is 0 Å². The molecule has 0 saturated heterocycles. The molecule has 3 nitrogen and oxygen atoms in total. The van der Waals surface area contributed by atoms with Gasteiger partial charge in [-0.2, -0.15) is 0 Å². The van der Waals surface area contributed by atoms with Gasteiger partial charge in [-0.05, 0) is 119 Å².